The Labute approximate surface area is 108 Å². The number of urea groups is 1. The zero-order chi connectivity index (χ0) is 13.7. The molecule has 0 heterocycles. The highest BCUT2D eigenvalue weighted by Crippen LogP contribution is 2.33. The normalized spacial score (nSPS) is 18.2. The van der Waals surface area contributed by atoms with Crippen LogP contribution in [0.1, 0.15) is 46.5 Å². The number of carboxylic acid groups (broad SMARTS) is 1. The Bertz CT molecular complexity index is 301. The molecule has 5 nitrogen and oxygen atoms in total. The summed E-state index contributed by atoms with van der Waals surface area (Å²) >= 11 is 0. The van der Waals surface area contributed by atoms with Crippen LogP contribution in [-0.4, -0.2) is 29.2 Å². The molecule has 0 aromatic rings. The monoisotopic (exact) mass is 256 g/mol. The van der Waals surface area contributed by atoms with Gasteiger partial charge in [0.25, 0.3) is 0 Å². The summed E-state index contributed by atoms with van der Waals surface area (Å²) in [5.74, 6) is -0.00443. The van der Waals surface area contributed by atoms with Crippen molar-refractivity contribution in [2.45, 2.75) is 58.5 Å². The van der Waals surface area contributed by atoms with Gasteiger partial charge in [-0.2, -0.15) is 0 Å². The quantitative estimate of drug-likeness (QED) is 0.651. The molecule has 0 bridgehead atoms. The Morgan fingerprint density at radius 2 is 1.83 bits per heavy atom. The van der Waals surface area contributed by atoms with Gasteiger partial charge in [-0.1, -0.05) is 26.7 Å². The van der Waals surface area contributed by atoms with E-state index in [-0.39, 0.29) is 18.0 Å². The molecule has 0 radical (unpaired) electrons. The van der Waals surface area contributed by atoms with Crippen LogP contribution in [0.15, 0.2) is 0 Å². The van der Waals surface area contributed by atoms with Gasteiger partial charge in [-0.3, -0.25) is 0 Å². The van der Waals surface area contributed by atoms with Gasteiger partial charge in [0.15, 0.2) is 0 Å². The first-order chi connectivity index (χ1) is 8.38. The van der Waals surface area contributed by atoms with Crippen molar-refractivity contribution in [3.8, 4) is 0 Å². The smallest absolute Gasteiger partial charge is 0.326 e. The number of rotatable bonds is 7. The molecule has 1 fully saturated rings. The fourth-order valence-corrected chi connectivity index (χ4v) is 2.03. The summed E-state index contributed by atoms with van der Waals surface area (Å²) < 4.78 is 0. The van der Waals surface area contributed by atoms with Gasteiger partial charge in [0.1, 0.15) is 6.04 Å². The minimum Gasteiger partial charge on any atom is -0.480 e. The van der Waals surface area contributed by atoms with E-state index in [4.69, 9.17) is 5.11 Å². The summed E-state index contributed by atoms with van der Waals surface area (Å²) in [6.07, 6.45) is 3.92. The Morgan fingerprint density at radius 3 is 2.28 bits per heavy atom. The van der Waals surface area contributed by atoms with Gasteiger partial charge in [-0.15, -0.1) is 0 Å². The second-order valence-corrected chi connectivity index (χ2v) is 5.72. The Hall–Kier alpha value is -1.26. The van der Waals surface area contributed by atoms with Crippen LogP contribution < -0.4 is 10.6 Å². The predicted octanol–water partition coefficient (Wildman–Crippen LogP) is 1.97. The highest BCUT2D eigenvalue weighted by Gasteiger charge is 2.25. The van der Waals surface area contributed by atoms with Crippen molar-refractivity contribution in [3.05, 3.63) is 0 Å². The van der Waals surface area contributed by atoms with Crippen LogP contribution in [0, 0.1) is 11.8 Å². The predicted molar refractivity (Wildman–Crippen MR) is 69.3 cm³/mol. The first-order valence-corrected chi connectivity index (χ1v) is 6.68. The second-order valence-electron chi connectivity index (χ2n) is 5.72. The maximum atomic E-state index is 11.7. The molecule has 0 aromatic carbocycles. The molecule has 0 aliphatic heterocycles. The second kappa shape index (κ2) is 6.61. The fraction of sp³-hybridized carbons (Fsp3) is 0.846. The van der Waals surface area contributed by atoms with Gasteiger partial charge in [0, 0.05) is 6.04 Å². The number of carbonyl (C=O) groups excluding carboxylic acids is 1. The van der Waals surface area contributed by atoms with E-state index in [1.165, 1.54) is 12.8 Å². The average molecular weight is 256 g/mol. The number of amides is 2. The highest BCUT2D eigenvalue weighted by atomic mass is 16.4. The lowest BCUT2D eigenvalue weighted by atomic mass is 10.0. The Morgan fingerprint density at radius 1 is 1.22 bits per heavy atom. The SMILES string of the molecule is CC(C)C[C@H](NC(=O)NC(C)CC1CC1)C(=O)O. The van der Waals surface area contributed by atoms with Crippen LogP contribution in [0.4, 0.5) is 4.79 Å². The number of carboxylic acids is 1. The summed E-state index contributed by atoms with van der Waals surface area (Å²) in [5, 5.41) is 14.3. The van der Waals surface area contributed by atoms with Crippen molar-refractivity contribution < 1.29 is 14.7 Å². The van der Waals surface area contributed by atoms with Crippen LogP contribution in [0.2, 0.25) is 0 Å². The van der Waals surface area contributed by atoms with E-state index >= 15 is 0 Å². The molecule has 0 aromatic heterocycles. The summed E-state index contributed by atoms with van der Waals surface area (Å²) in [6, 6.07) is -1.08. The lowest BCUT2D eigenvalue weighted by Crippen LogP contribution is -2.48. The van der Waals surface area contributed by atoms with Crippen LogP contribution in [0.5, 0.6) is 0 Å². The molecule has 18 heavy (non-hydrogen) atoms. The zero-order valence-electron chi connectivity index (χ0n) is 11.4. The molecule has 1 aliphatic rings. The topological polar surface area (TPSA) is 78.4 Å². The molecular weight excluding hydrogens is 232 g/mol. The van der Waals surface area contributed by atoms with Crippen molar-refractivity contribution in [3.63, 3.8) is 0 Å². The maximum Gasteiger partial charge on any atom is 0.326 e. The molecular formula is C13H24N2O3. The van der Waals surface area contributed by atoms with Crippen molar-refractivity contribution in [1.29, 1.82) is 0 Å². The van der Waals surface area contributed by atoms with Gasteiger partial charge < -0.3 is 15.7 Å². The van der Waals surface area contributed by atoms with Crippen molar-refractivity contribution in [2.24, 2.45) is 11.8 Å². The third-order valence-corrected chi connectivity index (χ3v) is 3.07. The fourth-order valence-electron chi connectivity index (χ4n) is 2.03. The number of hydrogen-bond acceptors (Lipinski definition) is 2. The summed E-state index contributed by atoms with van der Waals surface area (Å²) in [7, 11) is 0. The van der Waals surface area contributed by atoms with E-state index in [2.05, 4.69) is 10.6 Å². The summed E-state index contributed by atoms with van der Waals surface area (Å²) in [4.78, 5) is 22.7. The summed E-state index contributed by atoms with van der Waals surface area (Å²) in [5.41, 5.74) is 0. The van der Waals surface area contributed by atoms with Crippen molar-refractivity contribution in [1.82, 2.24) is 10.6 Å². The lowest BCUT2D eigenvalue weighted by Gasteiger charge is -2.19. The molecule has 5 heteroatoms. The molecule has 104 valence electrons. The van der Waals surface area contributed by atoms with E-state index in [0.717, 1.165) is 12.3 Å². The standard InChI is InChI=1S/C13H24N2O3/c1-8(2)6-11(12(16)17)15-13(18)14-9(3)7-10-4-5-10/h8-11H,4-7H2,1-3H3,(H,16,17)(H2,14,15,18)/t9?,11-/m0/s1. The van der Waals surface area contributed by atoms with Gasteiger partial charge >= 0.3 is 12.0 Å². The molecule has 1 rings (SSSR count). The van der Waals surface area contributed by atoms with Crippen LogP contribution in [0.25, 0.3) is 0 Å². The number of aliphatic carboxylic acids is 1. The zero-order valence-corrected chi connectivity index (χ0v) is 11.4. The molecule has 1 aliphatic carbocycles. The molecule has 2 atom stereocenters. The van der Waals surface area contributed by atoms with E-state index in [9.17, 15) is 9.59 Å². The molecule has 1 unspecified atom stereocenters. The highest BCUT2D eigenvalue weighted by molar-refractivity contribution is 5.82. The van der Waals surface area contributed by atoms with Crippen molar-refractivity contribution in [2.75, 3.05) is 0 Å². The number of nitrogens with one attached hydrogen (secondary N) is 2. The van der Waals surface area contributed by atoms with E-state index < -0.39 is 12.0 Å². The molecule has 0 saturated heterocycles. The van der Waals surface area contributed by atoms with Crippen molar-refractivity contribution >= 4 is 12.0 Å². The van der Waals surface area contributed by atoms with Gasteiger partial charge in [0.2, 0.25) is 0 Å². The minimum atomic E-state index is -0.978. The molecule has 3 N–H and O–H groups in total. The molecule has 0 spiro atoms. The first kappa shape index (κ1) is 14.8. The maximum absolute atomic E-state index is 11.7. The van der Waals surface area contributed by atoms with Gasteiger partial charge in [-0.25, -0.2) is 9.59 Å². The van der Waals surface area contributed by atoms with Gasteiger partial charge in [-0.05, 0) is 31.6 Å². The Kier molecular flexibility index (Phi) is 5.44. The first-order valence-electron chi connectivity index (χ1n) is 6.68. The van der Waals surface area contributed by atoms with E-state index in [1.54, 1.807) is 0 Å². The van der Waals surface area contributed by atoms with Crippen LogP contribution in [-0.2, 0) is 4.79 Å². The molecule has 2 amide bonds. The number of carbonyl (C=O) groups is 2. The van der Waals surface area contributed by atoms with E-state index in [1.807, 2.05) is 20.8 Å². The third kappa shape index (κ3) is 5.89. The lowest BCUT2D eigenvalue weighted by molar-refractivity contribution is -0.139. The third-order valence-electron chi connectivity index (χ3n) is 3.07. The Balaban J connectivity index is 2.32. The van der Waals surface area contributed by atoms with Crippen LogP contribution in [0.3, 0.4) is 0 Å². The van der Waals surface area contributed by atoms with E-state index in [0.29, 0.717) is 6.42 Å². The largest absolute Gasteiger partial charge is 0.480 e. The number of hydrogen-bond donors (Lipinski definition) is 3. The average Bonchev–Trinajstić information content (AvgIpc) is 2.99. The minimum absolute atomic E-state index is 0.103. The van der Waals surface area contributed by atoms with Crippen LogP contribution >= 0.6 is 0 Å². The summed E-state index contributed by atoms with van der Waals surface area (Å²) in [6.45, 7) is 5.83. The molecule has 1 saturated carbocycles. The van der Waals surface area contributed by atoms with Gasteiger partial charge in [0.05, 0.1) is 0 Å².